The van der Waals surface area contributed by atoms with E-state index in [1.54, 1.807) is 54.6 Å². The number of carbonyl (C=O) groups is 2. The zero-order chi connectivity index (χ0) is 22.5. The Morgan fingerprint density at radius 2 is 1.53 bits per heavy atom. The Morgan fingerprint density at radius 1 is 0.844 bits per heavy atom. The highest BCUT2D eigenvalue weighted by atomic mass is 79.9. The van der Waals surface area contributed by atoms with Crippen molar-refractivity contribution in [1.29, 1.82) is 0 Å². The van der Waals surface area contributed by atoms with Gasteiger partial charge in [-0.05, 0) is 48.5 Å². The average Bonchev–Trinajstić information content (AvgIpc) is 2.77. The maximum Gasteiger partial charge on any atom is 0.323 e. The quantitative estimate of drug-likeness (QED) is 0.383. The van der Waals surface area contributed by atoms with Crippen LogP contribution in [0.3, 0.4) is 0 Å². The maximum absolute atomic E-state index is 12.7. The highest BCUT2D eigenvalue weighted by Gasteiger charge is 2.10. The lowest BCUT2D eigenvalue weighted by molar-refractivity contribution is -0.116. The van der Waals surface area contributed by atoms with Crippen LogP contribution in [0, 0.1) is 0 Å². The van der Waals surface area contributed by atoms with E-state index in [1.165, 1.54) is 10.9 Å². The predicted molar refractivity (Wildman–Crippen MR) is 128 cm³/mol. The lowest BCUT2D eigenvalue weighted by atomic mass is 10.2. The standard InChI is InChI=1S/C23H18BrN5O3/c24-15-9-10-20-19(11-15)22(31)29(14-25-20)13-21(30)26-17-7-4-8-18(12-17)28-23(32)27-16-5-2-1-3-6-16/h1-12,14H,13H2,(H,26,30)(H2,27,28,32). The number of carbonyl (C=O) groups excluding carboxylic acids is 2. The average molecular weight is 492 g/mol. The van der Waals surface area contributed by atoms with Crippen molar-refractivity contribution < 1.29 is 9.59 Å². The molecular weight excluding hydrogens is 474 g/mol. The molecule has 9 heteroatoms. The Kier molecular flexibility index (Phi) is 6.27. The van der Waals surface area contributed by atoms with Gasteiger partial charge in [-0.3, -0.25) is 14.2 Å². The van der Waals surface area contributed by atoms with Gasteiger partial charge in [-0.2, -0.15) is 0 Å². The van der Waals surface area contributed by atoms with Crippen molar-refractivity contribution in [2.24, 2.45) is 0 Å². The number of hydrogen-bond donors (Lipinski definition) is 3. The number of aromatic nitrogens is 2. The van der Waals surface area contributed by atoms with Gasteiger partial charge in [0.15, 0.2) is 0 Å². The molecule has 4 aromatic rings. The molecule has 0 aliphatic heterocycles. The van der Waals surface area contributed by atoms with Crippen molar-refractivity contribution in [2.75, 3.05) is 16.0 Å². The summed E-state index contributed by atoms with van der Waals surface area (Å²) >= 11 is 3.34. The molecule has 1 aromatic heterocycles. The second-order valence-corrected chi connectivity index (χ2v) is 7.83. The molecule has 0 saturated heterocycles. The Bertz CT molecular complexity index is 1350. The first-order valence-corrected chi connectivity index (χ1v) is 10.4. The molecule has 8 nitrogen and oxygen atoms in total. The van der Waals surface area contributed by atoms with Gasteiger partial charge in [0.2, 0.25) is 5.91 Å². The van der Waals surface area contributed by atoms with Crippen LogP contribution in [-0.2, 0) is 11.3 Å². The van der Waals surface area contributed by atoms with Crippen LogP contribution < -0.4 is 21.5 Å². The minimum absolute atomic E-state index is 0.194. The van der Waals surface area contributed by atoms with Crippen LogP contribution >= 0.6 is 15.9 Å². The summed E-state index contributed by atoms with van der Waals surface area (Å²) in [5.41, 5.74) is 1.90. The fourth-order valence-corrected chi connectivity index (χ4v) is 3.45. The number of nitrogens with one attached hydrogen (secondary N) is 3. The van der Waals surface area contributed by atoms with E-state index in [4.69, 9.17) is 0 Å². The summed E-state index contributed by atoms with van der Waals surface area (Å²) in [6.45, 7) is -0.194. The Hall–Kier alpha value is -3.98. The van der Waals surface area contributed by atoms with Gasteiger partial charge in [-0.15, -0.1) is 0 Å². The molecule has 0 aliphatic rings. The number of hydrogen-bond acceptors (Lipinski definition) is 4. The van der Waals surface area contributed by atoms with E-state index in [2.05, 4.69) is 36.9 Å². The van der Waals surface area contributed by atoms with Crippen LogP contribution in [0.2, 0.25) is 0 Å². The number of fused-ring (bicyclic) bond motifs is 1. The third kappa shape index (κ3) is 5.19. The SMILES string of the molecule is O=C(Cn1cnc2ccc(Br)cc2c1=O)Nc1cccc(NC(=O)Nc2ccccc2)c1. The third-order valence-electron chi connectivity index (χ3n) is 4.54. The van der Waals surface area contributed by atoms with Crippen molar-refractivity contribution in [3.63, 3.8) is 0 Å². The van der Waals surface area contributed by atoms with Gasteiger partial charge < -0.3 is 16.0 Å². The molecule has 160 valence electrons. The van der Waals surface area contributed by atoms with Crippen molar-refractivity contribution in [3.8, 4) is 0 Å². The maximum atomic E-state index is 12.7. The fourth-order valence-electron chi connectivity index (χ4n) is 3.09. The highest BCUT2D eigenvalue weighted by Crippen LogP contribution is 2.17. The first-order valence-electron chi connectivity index (χ1n) is 9.65. The van der Waals surface area contributed by atoms with E-state index < -0.39 is 11.9 Å². The van der Waals surface area contributed by atoms with Gasteiger partial charge in [0, 0.05) is 21.5 Å². The Morgan fingerprint density at radius 3 is 2.31 bits per heavy atom. The normalized spacial score (nSPS) is 10.5. The van der Waals surface area contributed by atoms with Gasteiger partial charge in [0.1, 0.15) is 6.54 Å². The largest absolute Gasteiger partial charge is 0.324 e. The number of nitrogens with zero attached hydrogens (tertiary/aromatic N) is 2. The molecule has 3 aromatic carbocycles. The van der Waals surface area contributed by atoms with E-state index in [0.717, 1.165) is 4.47 Å². The first-order chi connectivity index (χ1) is 15.5. The summed E-state index contributed by atoms with van der Waals surface area (Å²) in [7, 11) is 0. The Labute approximate surface area is 191 Å². The lowest BCUT2D eigenvalue weighted by Gasteiger charge is -2.11. The number of para-hydroxylation sites is 1. The number of benzene rings is 3. The summed E-state index contributed by atoms with van der Waals surface area (Å²) in [4.78, 5) is 41.6. The third-order valence-corrected chi connectivity index (χ3v) is 5.03. The van der Waals surface area contributed by atoms with Crippen molar-refractivity contribution in [1.82, 2.24) is 9.55 Å². The minimum Gasteiger partial charge on any atom is -0.324 e. The van der Waals surface area contributed by atoms with Gasteiger partial charge in [-0.1, -0.05) is 40.2 Å². The lowest BCUT2D eigenvalue weighted by Crippen LogP contribution is -2.28. The van der Waals surface area contributed by atoms with E-state index in [9.17, 15) is 14.4 Å². The van der Waals surface area contributed by atoms with E-state index in [1.807, 2.05) is 18.2 Å². The summed E-state index contributed by atoms with van der Waals surface area (Å²) in [5, 5.41) is 8.59. The molecule has 0 saturated carbocycles. The topological polar surface area (TPSA) is 105 Å². The van der Waals surface area contributed by atoms with Crippen LogP contribution in [-0.4, -0.2) is 21.5 Å². The summed E-state index contributed by atoms with van der Waals surface area (Å²) < 4.78 is 2.01. The van der Waals surface area contributed by atoms with Crippen LogP contribution in [0.5, 0.6) is 0 Å². The molecule has 0 spiro atoms. The number of halogens is 1. The van der Waals surface area contributed by atoms with Crippen molar-refractivity contribution in [3.05, 3.63) is 94.0 Å². The molecule has 1 heterocycles. The highest BCUT2D eigenvalue weighted by molar-refractivity contribution is 9.10. The first kappa shape index (κ1) is 21.3. The molecule has 0 fully saturated rings. The van der Waals surface area contributed by atoms with Gasteiger partial charge in [0.05, 0.1) is 17.2 Å². The molecular formula is C23H18BrN5O3. The van der Waals surface area contributed by atoms with Crippen LogP contribution in [0.15, 0.2) is 88.4 Å². The molecule has 32 heavy (non-hydrogen) atoms. The van der Waals surface area contributed by atoms with Gasteiger partial charge in [0.25, 0.3) is 5.56 Å². The Balaban J connectivity index is 1.42. The number of rotatable bonds is 5. The summed E-state index contributed by atoms with van der Waals surface area (Å²) in [6, 6.07) is 20.6. The molecule has 0 aliphatic carbocycles. The van der Waals surface area contributed by atoms with E-state index in [0.29, 0.717) is 28.0 Å². The summed E-state index contributed by atoms with van der Waals surface area (Å²) in [5.74, 6) is -0.394. The van der Waals surface area contributed by atoms with Crippen molar-refractivity contribution in [2.45, 2.75) is 6.54 Å². The van der Waals surface area contributed by atoms with E-state index >= 15 is 0 Å². The smallest absolute Gasteiger partial charge is 0.323 e. The monoisotopic (exact) mass is 491 g/mol. The van der Waals surface area contributed by atoms with Crippen LogP contribution in [0.1, 0.15) is 0 Å². The predicted octanol–water partition coefficient (Wildman–Crippen LogP) is 4.44. The molecule has 0 radical (unpaired) electrons. The summed E-state index contributed by atoms with van der Waals surface area (Å²) in [6.07, 6.45) is 1.35. The molecule has 0 bridgehead atoms. The zero-order valence-corrected chi connectivity index (χ0v) is 18.3. The fraction of sp³-hybridized carbons (Fsp3) is 0.0435. The molecule has 4 rings (SSSR count). The second-order valence-electron chi connectivity index (χ2n) is 6.91. The van der Waals surface area contributed by atoms with Crippen LogP contribution in [0.4, 0.5) is 21.9 Å². The van der Waals surface area contributed by atoms with Crippen LogP contribution in [0.25, 0.3) is 10.9 Å². The second kappa shape index (κ2) is 9.44. The zero-order valence-electron chi connectivity index (χ0n) is 16.7. The van der Waals surface area contributed by atoms with Gasteiger partial charge >= 0.3 is 6.03 Å². The molecule has 0 atom stereocenters. The van der Waals surface area contributed by atoms with Crippen molar-refractivity contribution >= 4 is 55.8 Å². The molecule has 0 unspecified atom stereocenters. The number of amides is 3. The van der Waals surface area contributed by atoms with Gasteiger partial charge in [-0.25, -0.2) is 9.78 Å². The molecule has 3 N–H and O–H groups in total. The number of anilines is 3. The minimum atomic E-state index is -0.403. The number of urea groups is 1. The van der Waals surface area contributed by atoms with E-state index in [-0.39, 0.29) is 12.1 Å². The molecule has 3 amide bonds.